The van der Waals surface area contributed by atoms with Crippen LogP contribution in [-0.4, -0.2) is 60.5 Å². The molecular formula is C22H22ClN3O4. The normalized spacial score (nSPS) is 10.7. The first-order valence-corrected chi connectivity index (χ1v) is 9.72. The number of benzene rings is 2. The Balaban J connectivity index is 2.21. The minimum atomic E-state index is -0.584. The molecule has 2 aromatic carbocycles. The van der Waals surface area contributed by atoms with E-state index < -0.39 is 6.09 Å². The number of aromatic nitrogens is 1. The molecule has 8 heteroatoms. The van der Waals surface area contributed by atoms with Crippen LogP contribution in [0.3, 0.4) is 0 Å². The van der Waals surface area contributed by atoms with Gasteiger partial charge in [-0.25, -0.2) is 9.59 Å². The molecule has 0 radical (unpaired) electrons. The Kier molecular flexibility index (Phi) is 6.12. The summed E-state index contributed by atoms with van der Waals surface area (Å²) in [5.41, 5.74) is 2.06. The van der Waals surface area contributed by atoms with Gasteiger partial charge in [-0.05, 0) is 17.7 Å². The van der Waals surface area contributed by atoms with E-state index in [4.69, 9.17) is 16.3 Å². The second-order valence-electron chi connectivity index (χ2n) is 7.16. The fourth-order valence-electron chi connectivity index (χ4n) is 2.97. The molecule has 0 unspecified atom stereocenters. The minimum absolute atomic E-state index is 0.206. The van der Waals surface area contributed by atoms with Crippen LogP contribution >= 0.6 is 11.6 Å². The number of ether oxygens (including phenoxy) is 1. The summed E-state index contributed by atoms with van der Waals surface area (Å²) < 4.78 is 6.86. The molecule has 0 aliphatic carbocycles. The monoisotopic (exact) mass is 427 g/mol. The van der Waals surface area contributed by atoms with Gasteiger partial charge in [0.15, 0.2) is 5.78 Å². The highest BCUT2D eigenvalue weighted by Crippen LogP contribution is 2.33. The average Bonchev–Trinajstić information content (AvgIpc) is 3.13. The van der Waals surface area contributed by atoms with Gasteiger partial charge in [-0.3, -0.25) is 9.36 Å². The summed E-state index contributed by atoms with van der Waals surface area (Å²) in [7, 11) is 6.37. The minimum Gasteiger partial charge on any atom is -0.409 e. The number of carbonyl (C=O) groups excluding carboxylic acids is 3. The molecule has 0 N–H and O–H groups in total. The molecule has 30 heavy (non-hydrogen) atoms. The van der Waals surface area contributed by atoms with Crippen LogP contribution in [0.25, 0.3) is 10.9 Å². The van der Waals surface area contributed by atoms with Crippen molar-refractivity contribution in [3.8, 4) is 5.75 Å². The molecule has 0 spiro atoms. The number of ketones is 1. The fourth-order valence-corrected chi connectivity index (χ4v) is 3.15. The van der Waals surface area contributed by atoms with E-state index in [2.05, 4.69) is 0 Å². The Bertz CT molecular complexity index is 1120. The lowest BCUT2D eigenvalue weighted by Crippen LogP contribution is -2.26. The van der Waals surface area contributed by atoms with Crippen molar-refractivity contribution in [1.82, 2.24) is 14.4 Å². The number of nitrogens with zero attached hydrogens (tertiary/aromatic N) is 3. The lowest BCUT2D eigenvalue weighted by atomic mass is 10.0. The van der Waals surface area contributed by atoms with Crippen LogP contribution < -0.4 is 4.74 Å². The number of alkyl halides is 1. The van der Waals surface area contributed by atoms with Crippen LogP contribution in [0.5, 0.6) is 5.75 Å². The zero-order valence-corrected chi connectivity index (χ0v) is 17.9. The Morgan fingerprint density at radius 3 is 2.20 bits per heavy atom. The quantitative estimate of drug-likeness (QED) is 0.462. The Hall–Kier alpha value is -3.32. The molecule has 3 rings (SSSR count). The molecule has 3 aromatic rings. The predicted octanol–water partition coefficient (Wildman–Crippen LogP) is 4.20. The molecule has 0 atom stereocenters. The standard InChI is InChI=1S/C22H22ClN3O4/c1-24(2)21(28)26-13-16(20(27)15-10-8-14(12-23)9-11-15)19-17(26)6-5-7-18(19)30-22(29)25(3)4/h5-11,13H,12H2,1-4H3. The zero-order chi connectivity index (χ0) is 22.0. The third-order valence-corrected chi connectivity index (χ3v) is 4.87. The maximum Gasteiger partial charge on any atom is 0.414 e. The number of fused-ring (bicyclic) bond motifs is 1. The van der Waals surface area contributed by atoms with Crippen molar-refractivity contribution in [2.75, 3.05) is 28.2 Å². The molecule has 2 amide bonds. The van der Waals surface area contributed by atoms with Crippen LogP contribution in [0.2, 0.25) is 0 Å². The second-order valence-corrected chi connectivity index (χ2v) is 7.43. The highest BCUT2D eigenvalue weighted by atomic mass is 35.5. The SMILES string of the molecule is CN(C)C(=O)Oc1cccc2c1c(C(=O)c1ccc(CCl)cc1)cn2C(=O)N(C)C. The topological polar surface area (TPSA) is 71.8 Å². The van der Waals surface area contributed by atoms with Gasteiger partial charge in [-0.1, -0.05) is 30.3 Å². The lowest BCUT2D eigenvalue weighted by Gasteiger charge is -2.13. The van der Waals surface area contributed by atoms with Crippen LogP contribution in [-0.2, 0) is 5.88 Å². The van der Waals surface area contributed by atoms with Crippen molar-refractivity contribution in [2.45, 2.75) is 5.88 Å². The molecule has 0 aliphatic heterocycles. The van der Waals surface area contributed by atoms with E-state index in [9.17, 15) is 14.4 Å². The van der Waals surface area contributed by atoms with Gasteiger partial charge >= 0.3 is 12.1 Å². The van der Waals surface area contributed by atoms with Gasteiger partial charge in [0.2, 0.25) is 0 Å². The maximum atomic E-state index is 13.3. The second kappa shape index (κ2) is 8.59. The van der Waals surface area contributed by atoms with Crippen LogP contribution in [0, 0.1) is 0 Å². The number of rotatable bonds is 4. The van der Waals surface area contributed by atoms with E-state index in [1.54, 1.807) is 70.7 Å². The van der Waals surface area contributed by atoms with Crippen molar-refractivity contribution in [1.29, 1.82) is 0 Å². The van der Waals surface area contributed by atoms with E-state index in [-0.39, 0.29) is 23.1 Å². The van der Waals surface area contributed by atoms with Gasteiger partial charge in [0, 0.05) is 45.8 Å². The van der Waals surface area contributed by atoms with Crippen molar-refractivity contribution in [3.63, 3.8) is 0 Å². The molecule has 0 saturated heterocycles. The fraction of sp³-hybridized carbons (Fsp3) is 0.227. The molecule has 156 valence electrons. The van der Waals surface area contributed by atoms with Crippen molar-refractivity contribution in [2.24, 2.45) is 0 Å². The Morgan fingerprint density at radius 2 is 1.63 bits per heavy atom. The first kappa shape index (κ1) is 21.4. The van der Waals surface area contributed by atoms with Crippen molar-refractivity contribution < 1.29 is 19.1 Å². The molecule has 0 saturated carbocycles. The summed E-state index contributed by atoms with van der Waals surface area (Å²) in [5.74, 6) is 0.257. The highest BCUT2D eigenvalue weighted by Gasteiger charge is 2.24. The van der Waals surface area contributed by atoms with Crippen LogP contribution in [0.1, 0.15) is 21.5 Å². The summed E-state index contributed by atoms with van der Waals surface area (Å²) >= 11 is 5.83. The Morgan fingerprint density at radius 1 is 0.967 bits per heavy atom. The number of amides is 2. The third kappa shape index (κ3) is 4.02. The van der Waals surface area contributed by atoms with Crippen LogP contribution in [0.4, 0.5) is 9.59 Å². The largest absolute Gasteiger partial charge is 0.414 e. The summed E-state index contributed by atoms with van der Waals surface area (Å²) in [4.78, 5) is 40.9. The molecule has 1 heterocycles. The molecule has 1 aromatic heterocycles. The van der Waals surface area contributed by atoms with Gasteiger partial charge < -0.3 is 14.5 Å². The first-order chi connectivity index (χ1) is 14.2. The van der Waals surface area contributed by atoms with E-state index in [1.165, 1.54) is 20.6 Å². The van der Waals surface area contributed by atoms with Gasteiger partial charge in [-0.15, -0.1) is 11.6 Å². The van der Waals surface area contributed by atoms with E-state index in [0.717, 1.165) is 5.56 Å². The Labute approximate surface area is 179 Å². The maximum absolute atomic E-state index is 13.3. The molecule has 7 nitrogen and oxygen atoms in total. The van der Waals surface area contributed by atoms with E-state index in [1.807, 2.05) is 0 Å². The van der Waals surface area contributed by atoms with Crippen molar-refractivity contribution in [3.05, 3.63) is 65.4 Å². The summed E-state index contributed by atoms with van der Waals surface area (Å²) in [6, 6.07) is 11.6. The van der Waals surface area contributed by atoms with Crippen LogP contribution in [0.15, 0.2) is 48.7 Å². The predicted molar refractivity (Wildman–Crippen MR) is 116 cm³/mol. The molecule has 0 fully saturated rings. The van der Waals surface area contributed by atoms with E-state index in [0.29, 0.717) is 22.3 Å². The number of carbonyl (C=O) groups is 3. The third-order valence-electron chi connectivity index (χ3n) is 4.56. The van der Waals surface area contributed by atoms with Gasteiger partial charge in [0.25, 0.3) is 0 Å². The molecular weight excluding hydrogens is 406 g/mol. The molecule has 0 bridgehead atoms. The zero-order valence-electron chi connectivity index (χ0n) is 17.2. The lowest BCUT2D eigenvalue weighted by molar-refractivity contribution is 0.103. The van der Waals surface area contributed by atoms with Gasteiger partial charge in [0.05, 0.1) is 16.5 Å². The molecule has 0 aliphatic rings. The smallest absolute Gasteiger partial charge is 0.409 e. The summed E-state index contributed by atoms with van der Waals surface area (Å²) in [6.07, 6.45) is 0.900. The van der Waals surface area contributed by atoms with Gasteiger partial charge in [0.1, 0.15) is 5.75 Å². The number of hydrogen-bond donors (Lipinski definition) is 0. The van der Waals surface area contributed by atoms with E-state index >= 15 is 0 Å². The number of halogens is 1. The summed E-state index contributed by atoms with van der Waals surface area (Å²) in [5, 5.41) is 0.398. The van der Waals surface area contributed by atoms with Gasteiger partial charge in [-0.2, -0.15) is 0 Å². The summed E-state index contributed by atoms with van der Waals surface area (Å²) in [6.45, 7) is 0. The average molecular weight is 428 g/mol. The highest BCUT2D eigenvalue weighted by molar-refractivity contribution is 6.19. The van der Waals surface area contributed by atoms with Crippen molar-refractivity contribution >= 4 is 40.4 Å². The first-order valence-electron chi connectivity index (χ1n) is 9.19. The number of hydrogen-bond acceptors (Lipinski definition) is 4.